The maximum atomic E-state index is 2.57. The van der Waals surface area contributed by atoms with Crippen molar-refractivity contribution in [2.45, 2.75) is 93.4 Å². The van der Waals surface area contributed by atoms with E-state index in [2.05, 4.69) is 131 Å². The minimum absolute atomic E-state index is 0.435. The first-order valence-electron chi connectivity index (χ1n) is 16.0. The smallest absolute Gasteiger partial charge is 0.0668 e. The van der Waals surface area contributed by atoms with E-state index in [4.69, 9.17) is 0 Å². The van der Waals surface area contributed by atoms with Crippen LogP contribution in [0.5, 0.6) is 0 Å². The summed E-state index contributed by atoms with van der Waals surface area (Å²) in [5, 5.41) is 5.01. The number of rotatable bonds is 0. The summed E-state index contributed by atoms with van der Waals surface area (Å²) in [5.41, 5.74) is 26.7. The Bertz CT molecular complexity index is 2050. The van der Waals surface area contributed by atoms with Gasteiger partial charge in [-0.2, -0.15) is 0 Å². The number of hydrogen-bond donors (Lipinski definition) is 0. The first kappa shape index (κ1) is 29.2. The molecule has 0 unspecified atom stereocenters. The zero-order valence-electron chi connectivity index (χ0n) is 28.5. The maximum Gasteiger partial charge on any atom is 0.0668 e. The van der Waals surface area contributed by atoms with Crippen LogP contribution in [-0.4, -0.2) is 0 Å². The van der Waals surface area contributed by atoms with Crippen molar-refractivity contribution in [2.75, 3.05) is 0 Å². The van der Waals surface area contributed by atoms with Crippen molar-refractivity contribution in [1.29, 1.82) is 0 Å². The fourth-order valence-electron chi connectivity index (χ4n) is 8.66. The van der Waals surface area contributed by atoms with E-state index in [1.54, 1.807) is 0 Å². The van der Waals surface area contributed by atoms with E-state index in [9.17, 15) is 0 Å². The van der Waals surface area contributed by atoms with Crippen LogP contribution in [0.2, 0.25) is 0 Å². The van der Waals surface area contributed by atoms with Gasteiger partial charge < -0.3 is 0 Å². The van der Waals surface area contributed by atoms with Gasteiger partial charge >= 0.3 is 0 Å². The lowest BCUT2D eigenvalue weighted by Gasteiger charge is -2.42. The molecule has 0 bridgehead atoms. The van der Waals surface area contributed by atoms with Gasteiger partial charge in [-0.05, 0) is 217 Å². The second-order valence-corrected chi connectivity index (χ2v) is 14.6. The van der Waals surface area contributed by atoms with Crippen molar-refractivity contribution >= 4 is 22.5 Å². The molecule has 0 fully saturated rings. The van der Waals surface area contributed by atoms with E-state index in [0.717, 1.165) is 0 Å². The van der Waals surface area contributed by atoms with Gasteiger partial charge in [-0.3, -0.25) is 0 Å². The summed E-state index contributed by atoms with van der Waals surface area (Å²) in [6.07, 6.45) is 2.57. The lowest BCUT2D eigenvalue weighted by atomic mass is 9.62. The zero-order chi connectivity index (χ0) is 31.6. The number of thioether (sulfide) groups is 1. The van der Waals surface area contributed by atoms with E-state index >= 15 is 0 Å². The van der Waals surface area contributed by atoms with Gasteiger partial charge in [0.05, 0.1) is 5.41 Å². The average Bonchev–Trinajstić information content (AvgIpc) is 3.13. The Hall–Kier alpha value is -3.55. The highest BCUT2D eigenvalue weighted by molar-refractivity contribution is 8.02. The van der Waals surface area contributed by atoms with E-state index in [-0.39, 0.29) is 0 Å². The summed E-state index contributed by atoms with van der Waals surface area (Å²) in [7, 11) is 0. The fourth-order valence-corrected chi connectivity index (χ4v) is 9.62. The minimum Gasteiger partial charge on any atom is -0.0980 e. The summed E-state index contributed by atoms with van der Waals surface area (Å²) in [6.45, 7) is 28.4. The number of benzene rings is 5. The highest BCUT2D eigenvalue weighted by atomic mass is 32.2. The van der Waals surface area contributed by atoms with Crippen molar-refractivity contribution < 1.29 is 0 Å². The van der Waals surface area contributed by atoms with Crippen molar-refractivity contribution in [1.82, 2.24) is 0 Å². The standard InChI is InChI=1S/C43H44S/c1-21-22(2)28(8)38-37(27(21)7)39-29(9)23(3)25(5)31(11)41(39)43(42-32(12)26(6)24(4)30(10)40(38)42)17-18-44-36-20-34-16-14-13-15-33(34)19-35(36)43/h13-20H,1-12H3. The maximum absolute atomic E-state index is 2.57. The normalized spacial score (nSPS) is 14.4. The molecule has 0 atom stereocenters. The lowest BCUT2D eigenvalue weighted by Crippen LogP contribution is -2.33. The summed E-state index contributed by atoms with van der Waals surface area (Å²) >= 11 is 1.88. The molecule has 1 heterocycles. The highest BCUT2D eigenvalue weighted by Gasteiger charge is 2.47. The second-order valence-electron chi connectivity index (χ2n) is 13.7. The second kappa shape index (κ2) is 9.72. The van der Waals surface area contributed by atoms with Gasteiger partial charge in [0.2, 0.25) is 0 Å². The predicted molar refractivity (Wildman–Crippen MR) is 193 cm³/mol. The molecule has 0 saturated heterocycles. The molecule has 1 spiro atoms. The molecule has 0 nitrogen and oxygen atoms in total. The molecule has 1 aliphatic carbocycles. The first-order chi connectivity index (χ1) is 20.8. The summed E-state index contributed by atoms with van der Waals surface area (Å²) in [5.74, 6) is 0. The van der Waals surface area contributed by atoms with Gasteiger partial charge in [0.25, 0.3) is 0 Å². The molecular formula is C43H44S. The molecular weight excluding hydrogens is 549 g/mol. The highest BCUT2D eigenvalue weighted by Crippen LogP contribution is 2.62. The van der Waals surface area contributed by atoms with Crippen molar-refractivity contribution in [2.24, 2.45) is 0 Å². The van der Waals surface area contributed by atoms with Crippen LogP contribution in [0.1, 0.15) is 83.5 Å². The molecule has 0 N–H and O–H groups in total. The topological polar surface area (TPSA) is 0 Å². The van der Waals surface area contributed by atoms with Gasteiger partial charge in [0.1, 0.15) is 0 Å². The molecule has 7 rings (SSSR count). The average molecular weight is 593 g/mol. The Morgan fingerprint density at radius 3 is 1.27 bits per heavy atom. The van der Waals surface area contributed by atoms with Gasteiger partial charge in [-0.15, -0.1) is 0 Å². The Balaban J connectivity index is 1.88. The van der Waals surface area contributed by atoms with Crippen LogP contribution in [0.4, 0.5) is 0 Å². The van der Waals surface area contributed by atoms with Gasteiger partial charge in [0.15, 0.2) is 0 Å². The van der Waals surface area contributed by atoms with E-state index in [1.807, 2.05) is 11.8 Å². The van der Waals surface area contributed by atoms with Crippen molar-refractivity contribution in [3.63, 3.8) is 0 Å². The van der Waals surface area contributed by atoms with Crippen molar-refractivity contribution in [3.8, 4) is 22.3 Å². The number of fused-ring (bicyclic) bond motifs is 10. The molecule has 1 aliphatic heterocycles. The monoisotopic (exact) mass is 592 g/mol. The third kappa shape index (κ3) is 3.48. The van der Waals surface area contributed by atoms with Crippen LogP contribution in [0, 0.1) is 83.1 Å². The number of hydrogen-bond acceptors (Lipinski definition) is 1. The molecule has 5 aromatic rings. The summed E-state index contributed by atoms with van der Waals surface area (Å²) in [6, 6.07) is 13.9. The van der Waals surface area contributed by atoms with Crippen LogP contribution in [-0.2, 0) is 5.41 Å². The molecule has 1 heteroatoms. The molecule has 0 radical (unpaired) electrons. The Morgan fingerprint density at radius 2 is 0.818 bits per heavy atom. The van der Waals surface area contributed by atoms with Gasteiger partial charge in [-0.25, -0.2) is 0 Å². The molecule has 5 aromatic carbocycles. The zero-order valence-corrected chi connectivity index (χ0v) is 29.3. The predicted octanol–water partition coefficient (Wildman–Crippen LogP) is 12.1. The van der Waals surface area contributed by atoms with Crippen molar-refractivity contribution in [3.05, 3.63) is 131 Å². The van der Waals surface area contributed by atoms with Crippen LogP contribution < -0.4 is 0 Å². The summed E-state index contributed by atoms with van der Waals surface area (Å²) in [4.78, 5) is 1.36. The van der Waals surface area contributed by atoms with Gasteiger partial charge in [-0.1, -0.05) is 42.1 Å². The molecule has 222 valence electrons. The Morgan fingerprint density at radius 1 is 0.432 bits per heavy atom. The van der Waals surface area contributed by atoms with Crippen LogP contribution in [0.25, 0.3) is 33.0 Å². The Labute approximate surface area is 268 Å². The number of allylic oxidation sites excluding steroid dienone is 1. The molecule has 0 amide bonds. The first-order valence-corrected chi connectivity index (χ1v) is 16.9. The third-order valence-electron chi connectivity index (χ3n) is 12.1. The fraction of sp³-hybridized carbons (Fsp3) is 0.302. The van der Waals surface area contributed by atoms with Crippen LogP contribution >= 0.6 is 11.8 Å². The van der Waals surface area contributed by atoms with E-state index in [1.165, 1.54) is 121 Å². The third-order valence-corrected chi connectivity index (χ3v) is 13.0. The van der Waals surface area contributed by atoms with E-state index in [0.29, 0.717) is 0 Å². The Kier molecular flexibility index (Phi) is 6.45. The van der Waals surface area contributed by atoms with Gasteiger partial charge in [0, 0.05) is 4.90 Å². The molecule has 0 aromatic heterocycles. The molecule has 2 aliphatic rings. The SMILES string of the molecule is Cc1c(C)c(C)c2c(c1C)-c1c(C)c(C)c(C)c(C)c1C1(C=CSc3cc4ccccc4cc31)c1c(C)c(C)c(C)c(C)c1-2. The van der Waals surface area contributed by atoms with Crippen LogP contribution in [0.15, 0.2) is 52.8 Å². The van der Waals surface area contributed by atoms with Crippen LogP contribution in [0.3, 0.4) is 0 Å². The minimum atomic E-state index is -0.435. The summed E-state index contributed by atoms with van der Waals surface area (Å²) < 4.78 is 0. The quantitative estimate of drug-likeness (QED) is 0.172. The van der Waals surface area contributed by atoms with E-state index < -0.39 is 5.41 Å². The largest absolute Gasteiger partial charge is 0.0980 e. The molecule has 44 heavy (non-hydrogen) atoms. The molecule has 0 saturated carbocycles. The lowest BCUT2D eigenvalue weighted by molar-refractivity contribution is 0.745.